The number of hydrogen-bond acceptors (Lipinski definition) is 2. The van der Waals surface area contributed by atoms with Crippen LogP contribution in [0.4, 0.5) is 0 Å². The van der Waals surface area contributed by atoms with E-state index in [1.165, 1.54) is 25.4 Å². The van der Waals surface area contributed by atoms with Crippen LogP contribution >= 0.6 is 39.5 Å². The average Bonchev–Trinajstić information content (AvgIpc) is 2.47. The molecule has 0 aromatic heterocycles. The fourth-order valence-electron chi connectivity index (χ4n) is 2.04. The summed E-state index contributed by atoms with van der Waals surface area (Å²) in [6.45, 7) is 0. The van der Waals surface area contributed by atoms with Crippen molar-refractivity contribution in [3.05, 3.63) is 75.1 Å². The smallest absolute Gasteiger partial charge is 0.0648 e. The third-order valence-electron chi connectivity index (χ3n) is 3.02. The molecule has 19 heavy (non-hydrogen) atoms. The van der Waals surface area contributed by atoms with Gasteiger partial charge in [-0.15, -0.1) is 23.5 Å². The van der Waals surface area contributed by atoms with E-state index in [0.29, 0.717) is 0 Å². The molecule has 0 unspecified atom stereocenters. The Balaban J connectivity index is 1.83. The number of rotatable bonds is 3. The molecule has 3 heteroatoms. The molecule has 0 spiro atoms. The van der Waals surface area contributed by atoms with E-state index < -0.39 is 0 Å². The van der Waals surface area contributed by atoms with Crippen LogP contribution in [0.3, 0.4) is 0 Å². The van der Waals surface area contributed by atoms with E-state index in [2.05, 4.69) is 70.5 Å². The zero-order valence-electron chi connectivity index (χ0n) is 10.3. The molecule has 0 radical (unpaired) electrons. The lowest BCUT2D eigenvalue weighted by molar-refractivity contribution is 1.38. The first-order valence-corrected chi connectivity index (χ1v) is 8.88. The van der Waals surface area contributed by atoms with E-state index in [0.717, 1.165) is 11.5 Å². The zero-order chi connectivity index (χ0) is 13.1. The third-order valence-corrected chi connectivity index (χ3v) is 6.60. The fourth-order valence-corrected chi connectivity index (χ4v) is 5.04. The predicted molar refractivity (Wildman–Crippen MR) is 91.3 cm³/mol. The lowest BCUT2D eigenvalue weighted by atomic mass is 10.1. The first-order valence-electron chi connectivity index (χ1n) is 6.12. The van der Waals surface area contributed by atoms with Gasteiger partial charge in [-0.05, 0) is 32.6 Å². The maximum absolute atomic E-state index is 3.72. The topological polar surface area (TPSA) is 0 Å². The molecule has 1 heterocycles. The summed E-state index contributed by atoms with van der Waals surface area (Å²) in [5.74, 6) is 2.08. The Kier molecular flexibility index (Phi) is 4.36. The van der Waals surface area contributed by atoms with E-state index in [9.17, 15) is 0 Å². The Hall–Kier alpha value is -0.640. The number of benzene rings is 2. The number of fused-ring (bicyclic) bond motifs is 1. The molecule has 0 fully saturated rings. The predicted octanol–water partition coefficient (Wildman–Crippen LogP) is 5.89. The molecular formula is C16H13BrS2. The van der Waals surface area contributed by atoms with Gasteiger partial charge in [-0.3, -0.25) is 0 Å². The van der Waals surface area contributed by atoms with Crippen LogP contribution in [0.2, 0.25) is 0 Å². The van der Waals surface area contributed by atoms with Gasteiger partial charge in [-0.2, -0.15) is 0 Å². The Morgan fingerprint density at radius 3 is 2.58 bits per heavy atom. The molecule has 1 aliphatic heterocycles. The molecule has 0 N–H and O–H groups in total. The Labute approximate surface area is 130 Å². The van der Waals surface area contributed by atoms with Crippen LogP contribution < -0.4 is 0 Å². The highest BCUT2D eigenvalue weighted by Gasteiger charge is 2.17. The van der Waals surface area contributed by atoms with Crippen LogP contribution in [0.1, 0.15) is 16.7 Å². The third kappa shape index (κ3) is 3.10. The van der Waals surface area contributed by atoms with Gasteiger partial charge < -0.3 is 0 Å². The number of hydrogen-bond donors (Lipinski definition) is 0. The van der Waals surface area contributed by atoms with Gasteiger partial charge in [0.2, 0.25) is 0 Å². The van der Waals surface area contributed by atoms with Crippen molar-refractivity contribution in [1.29, 1.82) is 0 Å². The van der Waals surface area contributed by atoms with Crippen molar-refractivity contribution in [2.75, 3.05) is 0 Å². The lowest BCUT2D eigenvalue weighted by Crippen LogP contribution is -1.96. The van der Waals surface area contributed by atoms with E-state index in [1.54, 1.807) is 0 Å². The zero-order valence-corrected chi connectivity index (χ0v) is 13.5. The van der Waals surface area contributed by atoms with Crippen molar-refractivity contribution < 1.29 is 0 Å². The molecule has 0 bridgehead atoms. The Bertz CT molecular complexity index is 605. The molecule has 2 aromatic carbocycles. The average molecular weight is 349 g/mol. The normalized spacial score (nSPS) is 14.4. The Morgan fingerprint density at radius 1 is 1.00 bits per heavy atom. The number of thioether (sulfide) groups is 2. The molecule has 96 valence electrons. The van der Waals surface area contributed by atoms with Crippen molar-refractivity contribution in [3.63, 3.8) is 0 Å². The van der Waals surface area contributed by atoms with Gasteiger partial charge in [-0.1, -0.05) is 54.6 Å². The van der Waals surface area contributed by atoms with Gasteiger partial charge in [0, 0.05) is 16.4 Å². The van der Waals surface area contributed by atoms with Gasteiger partial charge in [0.1, 0.15) is 0 Å². The highest BCUT2D eigenvalue weighted by molar-refractivity contribution is 9.14. The molecule has 0 atom stereocenters. The molecule has 0 saturated heterocycles. The second-order valence-corrected chi connectivity index (χ2v) is 7.61. The van der Waals surface area contributed by atoms with Crippen LogP contribution in [0.25, 0.3) is 4.91 Å². The minimum Gasteiger partial charge on any atom is -0.119 e. The van der Waals surface area contributed by atoms with Gasteiger partial charge >= 0.3 is 0 Å². The van der Waals surface area contributed by atoms with E-state index >= 15 is 0 Å². The molecular weight excluding hydrogens is 336 g/mol. The van der Waals surface area contributed by atoms with E-state index in [1.807, 2.05) is 23.5 Å². The van der Waals surface area contributed by atoms with Gasteiger partial charge in [0.25, 0.3) is 0 Å². The first kappa shape index (κ1) is 13.3. The van der Waals surface area contributed by atoms with Crippen molar-refractivity contribution in [2.24, 2.45) is 0 Å². The maximum Gasteiger partial charge on any atom is 0.0648 e. The summed E-state index contributed by atoms with van der Waals surface area (Å²) in [5, 5.41) is 0. The largest absolute Gasteiger partial charge is 0.119 e. The van der Waals surface area contributed by atoms with Gasteiger partial charge in [-0.25, -0.2) is 0 Å². The highest BCUT2D eigenvalue weighted by atomic mass is 79.9. The second-order valence-electron chi connectivity index (χ2n) is 4.32. The van der Waals surface area contributed by atoms with Crippen molar-refractivity contribution in [3.8, 4) is 0 Å². The summed E-state index contributed by atoms with van der Waals surface area (Å²) >= 11 is 7.51. The standard InChI is InChI=1S/C16H13BrS2/c17-16-15(18-10-12-6-2-1-3-7-12)14-9-5-4-8-13(14)11-19-16/h1-9H,10-11H2. The summed E-state index contributed by atoms with van der Waals surface area (Å²) in [4.78, 5) is 1.37. The first-order chi connectivity index (χ1) is 9.34. The summed E-state index contributed by atoms with van der Waals surface area (Å²) in [7, 11) is 0. The van der Waals surface area contributed by atoms with Crippen molar-refractivity contribution in [2.45, 2.75) is 11.5 Å². The summed E-state index contributed by atoms with van der Waals surface area (Å²) in [5.41, 5.74) is 4.19. The van der Waals surface area contributed by atoms with Crippen LogP contribution in [-0.4, -0.2) is 0 Å². The molecule has 0 amide bonds. The molecule has 0 aliphatic carbocycles. The van der Waals surface area contributed by atoms with Crippen LogP contribution in [0.5, 0.6) is 0 Å². The summed E-state index contributed by atoms with van der Waals surface area (Å²) < 4.78 is 1.27. The highest BCUT2D eigenvalue weighted by Crippen LogP contribution is 2.46. The minimum absolute atomic E-state index is 1.01. The van der Waals surface area contributed by atoms with Gasteiger partial charge in [0.05, 0.1) is 3.81 Å². The second kappa shape index (κ2) is 6.21. The SMILES string of the molecule is BrC1=C(SCc2ccccc2)c2ccccc2CS1. The lowest BCUT2D eigenvalue weighted by Gasteiger charge is -2.19. The maximum atomic E-state index is 3.72. The monoisotopic (exact) mass is 348 g/mol. The quantitative estimate of drug-likeness (QED) is 0.678. The van der Waals surface area contributed by atoms with Gasteiger partial charge in [0.15, 0.2) is 0 Å². The molecule has 2 aromatic rings. The molecule has 3 rings (SSSR count). The molecule has 1 aliphatic rings. The van der Waals surface area contributed by atoms with E-state index in [4.69, 9.17) is 0 Å². The van der Waals surface area contributed by atoms with Crippen LogP contribution in [0, 0.1) is 0 Å². The number of halogens is 1. The van der Waals surface area contributed by atoms with Crippen LogP contribution in [-0.2, 0) is 11.5 Å². The fraction of sp³-hybridized carbons (Fsp3) is 0.125. The van der Waals surface area contributed by atoms with Crippen molar-refractivity contribution in [1.82, 2.24) is 0 Å². The minimum atomic E-state index is 1.01. The molecule has 0 nitrogen and oxygen atoms in total. The molecule has 0 saturated carbocycles. The summed E-state index contributed by atoms with van der Waals surface area (Å²) in [6.07, 6.45) is 0. The van der Waals surface area contributed by atoms with E-state index in [-0.39, 0.29) is 0 Å². The van der Waals surface area contributed by atoms with Crippen molar-refractivity contribution >= 4 is 44.4 Å². The Morgan fingerprint density at radius 2 is 1.74 bits per heavy atom. The van der Waals surface area contributed by atoms with Crippen LogP contribution in [0.15, 0.2) is 58.4 Å². The summed E-state index contributed by atoms with van der Waals surface area (Å²) in [6, 6.07) is 19.3.